The van der Waals surface area contributed by atoms with Gasteiger partial charge in [0, 0.05) is 12.7 Å². The quantitative estimate of drug-likeness (QED) is 0.659. The van der Waals surface area contributed by atoms with E-state index in [9.17, 15) is 4.79 Å². The molecule has 0 fully saturated rings. The van der Waals surface area contributed by atoms with E-state index in [0.29, 0.717) is 17.9 Å². The smallest absolute Gasteiger partial charge is 0.255 e. The van der Waals surface area contributed by atoms with Crippen molar-refractivity contribution in [2.75, 3.05) is 19.6 Å². The Hall–Kier alpha value is -2.58. The third kappa shape index (κ3) is 3.97. The molecule has 0 bridgehead atoms. The highest BCUT2D eigenvalue weighted by Gasteiger charge is 2.21. The molecule has 136 valence electrons. The highest BCUT2D eigenvalue weighted by atomic mass is 32.1. The SMILES string of the molecule is CCN(CC)[C@@H](CNC(=O)c1cccnc1-n1cncn1)c1ccsc1. The molecular weight excluding hydrogens is 348 g/mol. The summed E-state index contributed by atoms with van der Waals surface area (Å²) in [6.07, 6.45) is 4.59. The first-order valence-corrected chi connectivity index (χ1v) is 9.53. The molecule has 0 aliphatic heterocycles. The number of amides is 1. The molecule has 0 spiro atoms. The summed E-state index contributed by atoms with van der Waals surface area (Å²) >= 11 is 1.67. The van der Waals surface area contributed by atoms with E-state index in [0.717, 1.165) is 13.1 Å². The predicted octanol–water partition coefficient (Wildman–Crippen LogP) is 2.54. The molecule has 0 unspecified atom stereocenters. The van der Waals surface area contributed by atoms with Crippen LogP contribution in [0.4, 0.5) is 0 Å². The van der Waals surface area contributed by atoms with Crippen molar-refractivity contribution >= 4 is 17.2 Å². The molecule has 3 heterocycles. The maximum absolute atomic E-state index is 12.8. The third-order valence-corrected chi connectivity index (χ3v) is 5.01. The molecule has 0 saturated heterocycles. The Morgan fingerprint density at radius 3 is 2.85 bits per heavy atom. The summed E-state index contributed by atoms with van der Waals surface area (Å²) in [4.78, 5) is 23.3. The summed E-state index contributed by atoms with van der Waals surface area (Å²) in [7, 11) is 0. The number of hydrogen-bond acceptors (Lipinski definition) is 6. The molecule has 1 atom stereocenters. The standard InChI is InChI=1S/C18H22N6OS/c1-3-23(4-2)16(14-7-9-26-11-14)10-21-18(25)15-6-5-8-20-17(15)24-13-19-12-22-24/h5-9,11-13,16H,3-4,10H2,1-2H3,(H,21,25)/t16-/m0/s1. The third-order valence-electron chi connectivity index (χ3n) is 4.30. The van der Waals surface area contributed by atoms with Gasteiger partial charge in [-0.25, -0.2) is 14.6 Å². The molecule has 26 heavy (non-hydrogen) atoms. The highest BCUT2D eigenvalue weighted by molar-refractivity contribution is 7.07. The molecule has 3 rings (SSSR count). The zero-order valence-electron chi connectivity index (χ0n) is 14.9. The molecule has 7 nitrogen and oxygen atoms in total. The fourth-order valence-electron chi connectivity index (χ4n) is 2.95. The van der Waals surface area contributed by atoms with Crippen LogP contribution in [0.15, 0.2) is 47.8 Å². The lowest BCUT2D eigenvalue weighted by molar-refractivity contribution is 0.0934. The zero-order valence-corrected chi connectivity index (χ0v) is 15.7. The topological polar surface area (TPSA) is 75.9 Å². The minimum Gasteiger partial charge on any atom is -0.350 e. The van der Waals surface area contributed by atoms with Crippen LogP contribution in [0.25, 0.3) is 5.82 Å². The van der Waals surface area contributed by atoms with Gasteiger partial charge in [-0.1, -0.05) is 13.8 Å². The van der Waals surface area contributed by atoms with Gasteiger partial charge in [0.1, 0.15) is 12.7 Å². The van der Waals surface area contributed by atoms with Crippen LogP contribution in [0.1, 0.15) is 35.8 Å². The Bertz CT molecular complexity index is 814. The lowest BCUT2D eigenvalue weighted by atomic mass is 10.1. The number of aromatic nitrogens is 4. The Balaban J connectivity index is 1.77. The van der Waals surface area contributed by atoms with E-state index in [1.165, 1.54) is 22.9 Å². The highest BCUT2D eigenvalue weighted by Crippen LogP contribution is 2.22. The number of carbonyl (C=O) groups excluding carboxylic acids is 1. The Labute approximate surface area is 156 Å². The van der Waals surface area contributed by atoms with Gasteiger partial charge in [0.15, 0.2) is 5.82 Å². The average Bonchev–Trinajstić information content (AvgIpc) is 3.39. The van der Waals surface area contributed by atoms with Crippen LogP contribution in [-0.4, -0.2) is 50.2 Å². The van der Waals surface area contributed by atoms with Gasteiger partial charge < -0.3 is 5.32 Å². The second-order valence-electron chi connectivity index (χ2n) is 5.72. The van der Waals surface area contributed by atoms with Gasteiger partial charge in [-0.05, 0) is 47.6 Å². The van der Waals surface area contributed by atoms with Crippen molar-refractivity contribution in [3.8, 4) is 5.82 Å². The first-order valence-electron chi connectivity index (χ1n) is 8.59. The van der Waals surface area contributed by atoms with E-state index < -0.39 is 0 Å². The number of thiophene rings is 1. The van der Waals surface area contributed by atoms with E-state index in [4.69, 9.17) is 0 Å². The molecular formula is C18H22N6OS. The molecule has 1 amide bonds. The Morgan fingerprint density at radius 2 is 2.19 bits per heavy atom. The monoisotopic (exact) mass is 370 g/mol. The van der Waals surface area contributed by atoms with Crippen LogP contribution in [-0.2, 0) is 0 Å². The zero-order chi connectivity index (χ0) is 18.4. The van der Waals surface area contributed by atoms with Crippen LogP contribution in [0.3, 0.4) is 0 Å². The number of nitrogens with one attached hydrogen (secondary N) is 1. The minimum atomic E-state index is -0.170. The van der Waals surface area contributed by atoms with Crippen molar-refractivity contribution in [2.45, 2.75) is 19.9 Å². The number of nitrogens with zero attached hydrogens (tertiary/aromatic N) is 5. The van der Waals surface area contributed by atoms with Crippen molar-refractivity contribution in [1.29, 1.82) is 0 Å². The average molecular weight is 370 g/mol. The van der Waals surface area contributed by atoms with Crippen molar-refractivity contribution in [1.82, 2.24) is 30.0 Å². The van der Waals surface area contributed by atoms with E-state index >= 15 is 0 Å². The summed E-state index contributed by atoms with van der Waals surface area (Å²) < 4.78 is 1.50. The van der Waals surface area contributed by atoms with E-state index in [-0.39, 0.29) is 11.9 Å². The molecule has 0 saturated carbocycles. The van der Waals surface area contributed by atoms with Crippen molar-refractivity contribution < 1.29 is 4.79 Å². The Kier molecular flexibility index (Phi) is 6.08. The van der Waals surface area contributed by atoms with E-state index in [1.54, 1.807) is 29.7 Å². The van der Waals surface area contributed by atoms with Crippen LogP contribution in [0.5, 0.6) is 0 Å². The summed E-state index contributed by atoms with van der Waals surface area (Å²) in [5.74, 6) is 0.299. The van der Waals surface area contributed by atoms with Gasteiger partial charge in [0.25, 0.3) is 5.91 Å². The molecule has 8 heteroatoms. The van der Waals surface area contributed by atoms with Gasteiger partial charge in [-0.3, -0.25) is 9.69 Å². The molecule has 0 aliphatic carbocycles. The normalized spacial score (nSPS) is 12.3. The van der Waals surface area contributed by atoms with Gasteiger partial charge in [-0.2, -0.15) is 16.4 Å². The van der Waals surface area contributed by atoms with Gasteiger partial charge in [0.2, 0.25) is 0 Å². The fraction of sp³-hybridized carbons (Fsp3) is 0.333. The number of rotatable bonds is 8. The van der Waals surface area contributed by atoms with Crippen LogP contribution >= 0.6 is 11.3 Å². The van der Waals surface area contributed by atoms with Crippen molar-refractivity contribution in [3.63, 3.8) is 0 Å². The van der Waals surface area contributed by atoms with Crippen molar-refractivity contribution in [3.05, 3.63) is 58.9 Å². The van der Waals surface area contributed by atoms with Crippen LogP contribution < -0.4 is 5.32 Å². The molecule has 3 aromatic heterocycles. The summed E-state index contributed by atoms with van der Waals surface area (Å²) in [5.41, 5.74) is 1.70. The van der Waals surface area contributed by atoms with Gasteiger partial charge in [0.05, 0.1) is 11.6 Å². The lowest BCUT2D eigenvalue weighted by Crippen LogP contribution is -2.38. The van der Waals surface area contributed by atoms with Crippen LogP contribution in [0.2, 0.25) is 0 Å². The first kappa shape index (κ1) is 18.2. The number of likely N-dealkylation sites (N-methyl/N-ethyl adjacent to an activating group) is 1. The summed E-state index contributed by atoms with van der Waals surface area (Å²) in [5, 5.41) is 11.3. The van der Waals surface area contributed by atoms with Crippen LogP contribution in [0, 0.1) is 0 Å². The second-order valence-corrected chi connectivity index (χ2v) is 6.50. The minimum absolute atomic E-state index is 0.145. The largest absolute Gasteiger partial charge is 0.350 e. The Morgan fingerprint density at radius 1 is 1.35 bits per heavy atom. The summed E-state index contributed by atoms with van der Waals surface area (Å²) in [6, 6.07) is 5.75. The van der Waals surface area contributed by atoms with Gasteiger partial charge in [-0.15, -0.1) is 0 Å². The number of pyridine rings is 1. The molecule has 0 aromatic carbocycles. The predicted molar refractivity (Wildman–Crippen MR) is 101 cm³/mol. The lowest BCUT2D eigenvalue weighted by Gasteiger charge is -2.29. The van der Waals surface area contributed by atoms with Crippen molar-refractivity contribution in [2.24, 2.45) is 0 Å². The van der Waals surface area contributed by atoms with E-state index in [1.807, 2.05) is 0 Å². The maximum Gasteiger partial charge on any atom is 0.255 e. The number of hydrogen-bond donors (Lipinski definition) is 1. The molecule has 1 N–H and O–H groups in total. The van der Waals surface area contributed by atoms with E-state index in [2.05, 4.69) is 56.0 Å². The maximum atomic E-state index is 12.8. The van der Waals surface area contributed by atoms with Gasteiger partial charge >= 0.3 is 0 Å². The molecule has 3 aromatic rings. The first-order chi connectivity index (χ1) is 12.7. The molecule has 0 aliphatic rings. The molecule has 0 radical (unpaired) electrons. The second kappa shape index (κ2) is 8.68. The fourth-order valence-corrected chi connectivity index (χ4v) is 3.65. The number of carbonyl (C=O) groups is 1. The summed E-state index contributed by atoms with van der Waals surface area (Å²) in [6.45, 7) is 6.64.